The van der Waals surface area contributed by atoms with Crippen LogP contribution in [-0.4, -0.2) is 43.4 Å². The van der Waals surface area contributed by atoms with Crippen molar-refractivity contribution in [3.63, 3.8) is 0 Å². The first-order chi connectivity index (χ1) is 11.8. The predicted octanol–water partition coefficient (Wildman–Crippen LogP) is 3.58. The number of benzene rings is 1. The van der Waals surface area contributed by atoms with Gasteiger partial charge in [-0.2, -0.15) is 0 Å². The highest BCUT2D eigenvalue weighted by atomic mass is 19.4. The van der Waals surface area contributed by atoms with Crippen LogP contribution in [0, 0.1) is 0 Å². The second kappa shape index (κ2) is 8.94. The lowest BCUT2D eigenvalue weighted by molar-refractivity contribution is -0.274. The molecule has 0 aliphatic heterocycles. The Morgan fingerprint density at radius 2 is 1.88 bits per heavy atom. The zero-order valence-electron chi connectivity index (χ0n) is 14.4. The number of likely N-dealkylation sites (N-methyl/N-ethyl adjacent to an activating group) is 1. The Hall–Kier alpha value is -1.96. The Bertz CT molecular complexity index is 554. The Balaban J connectivity index is 1.76. The first kappa shape index (κ1) is 19.4. The van der Waals surface area contributed by atoms with Gasteiger partial charge in [0, 0.05) is 18.3 Å². The molecule has 0 bridgehead atoms. The third-order valence-electron chi connectivity index (χ3n) is 4.29. The number of hydrogen-bond acceptors (Lipinski definition) is 3. The van der Waals surface area contributed by atoms with Gasteiger partial charge in [-0.25, -0.2) is 0 Å². The Morgan fingerprint density at radius 3 is 2.48 bits per heavy atom. The van der Waals surface area contributed by atoms with E-state index in [0.29, 0.717) is 18.3 Å². The van der Waals surface area contributed by atoms with E-state index in [0.717, 1.165) is 6.54 Å². The van der Waals surface area contributed by atoms with E-state index in [-0.39, 0.29) is 11.7 Å². The van der Waals surface area contributed by atoms with Crippen molar-refractivity contribution in [2.75, 3.05) is 25.5 Å². The monoisotopic (exact) mass is 358 g/mol. The lowest BCUT2D eigenvalue weighted by atomic mass is 9.94. The summed E-state index contributed by atoms with van der Waals surface area (Å²) >= 11 is 0. The molecule has 5 nitrogen and oxygen atoms in total. The van der Waals surface area contributed by atoms with Crippen molar-refractivity contribution in [2.45, 2.75) is 44.5 Å². The molecule has 0 radical (unpaired) electrons. The second-order valence-electron chi connectivity index (χ2n) is 6.24. The normalized spacial score (nSPS) is 16.9. The number of alkyl halides is 3. The van der Waals surface area contributed by atoms with Crippen LogP contribution in [0.4, 0.5) is 18.9 Å². The number of guanidine groups is 1. The molecule has 140 valence electrons. The van der Waals surface area contributed by atoms with E-state index >= 15 is 0 Å². The standard InChI is InChI=1S/C17H25F3N4O/c1-24(14-5-3-2-4-6-14)12-11-22-16(21)23-13-7-9-15(10-8-13)25-17(18,19)20/h7-10,14H,2-6,11-12H2,1H3,(H3,21,22,23). The molecule has 8 heteroatoms. The maximum atomic E-state index is 12.1. The molecule has 0 saturated heterocycles. The van der Waals surface area contributed by atoms with E-state index in [4.69, 9.17) is 5.73 Å². The van der Waals surface area contributed by atoms with Crippen LogP contribution in [0.3, 0.4) is 0 Å². The molecule has 0 atom stereocenters. The van der Waals surface area contributed by atoms with Gasteiger partial charge in [-0.05, 0) is 44.2 Å². The van der Waals surface area contributed by atoms with Crippen LogP contribution in [0.2, 0.25) is 0 Å². The summed E-state index contributed by atoms with van der Waals surface area (Å²) in [6.07, 6.45) is 1.68. The van der Waals surface area contributed by atoms with Crippen LogP contribution in [-0.2, 0) is 0 Å². The van der Waals surface area contributed by atoms with E-state index < -0.39 is 6.36 Å². The smallest absolute Gasteiger partial charge is 0.406 e. The number of ether oxygens (including phenoxy) is 1. The largest absolute Gasteiger partial charge is 0.573 e. The van der Waals surface area contributed by atoms with E-state index in [9.17, 15) is 13.2 Å². The van der Waals surface area contributed by atoms with Gasteiger partial charge < -0.3 is 20.7 Å². The molecule has 1 aromatic rings. The Labute approximate surface area is 146 Å². The zero-order chi connectivity index (χ0) is 18.3. The second-order valence-corrected chi connectivity index (χ2v) is 6.24. The summed E-state index contributed by atoms with van der Waals surface area (Å²) in [7, 11) is 2.11. The summed E-state index contributed by atoms with van der Waals surface area (Å²) in [6.45, 7) is 1.40. The van der Waals surface area contributed by atoms with Crippen LogP contribution in [0.15, 0.2) is 29.3 Å². The quantitative estimate of drug-likeness (QED) is 0.603. The molecule has 1 fully saturated rings. The molecule has 1 aromatic carbocycles. The Kier molecular flexibility index (Phi) is 6.92. The molecule has 1 aliphatic carbocycles. The first-order valence-electron chi connectivity index (χ1n) is 8.46. The summed E-state index contributed by atoms with van der Waals surface area (Å²) in [5.74, 6) is -0.0378. The molecule has 25 heavy (non-hydrogen) atoms. The van der Waals surface area contributed by atoms with Crippen molar-refractivity contribution < 1.29 is 17.9 Å². The summed E-state index contributed by atoms with van der Waals surface area (Å²) in [5.41, 5.74) is 6.37. The van der Waals surface area contributed by atoms with Crippen molar-refractivity contribution in [1.82, 2.24) is 4.90 Å². The molecule has 1 aliphatic rings. The fraction of sp³-hybridized carbons (Fsp3) is 0.588. The summed E-state index contributed by atoms with van der Waals surface area (Å²) < 4.78 is 40.1. The summed E-state index contributed by atoms with van der Waals surface area (Å²) in [5, 5.41) is 2.86. The number of nitrogens with zero attached hydrogens (tertiary/aromatic N) is 2. The fourth-order valence-corrected chi connectivity index (χ4v) is 2.96. The van der Waals surface area contributed by atoms with Crippen LogP contribution < -0.4 is 15.8 Å². The maximum absolute atomic E-state index is 12.1. The molecular weight excluding hydrogens is 333 g/mol. The minimum absolute atomic E-state index is 0.238. The summed E-state index contributed by atoms with van der Waals surface area (Å²) in [4.78, 5) is 6.59. The highest BCUT2D eigenvalue weighted by Gasteiger charge is 2.30. The van der Waals surface area contributed by atoms with E-state index in [1.807, 2.05) is 0 Å². The van der Waals surface area contributed by atoms with Gasteiger partial charge in [-0.15, -0.1) is 13.2 Å². The highest BCUT2D eigenvalue weighted by molar-refractivity contribution is 5.92. The van der Waals surface area contributed by atoms with Gasteiger partial charge in [0.2, 0.25) is 0 Å². The van der Waals surface area contributed by atoms with Crippen LogP contribution >= 0.6 is 0 Å². The lowest BCUT2D eigenvalue weighted by Crippen LogP contribution is -2.35. The maximum Gasteiger partial charge on any atom is 0.573 e. The van der Waals surface area contributed by atoms with Gasteiger partial charge in [-0.1, -0.05) is 19.3 Å². The summed E-state index contributed by atoms with van der Waals surface area (Å²) in [6, 6.07) is 5.98. The van der Waals surface area contributed by atoms with Crippen molar-refractivity contribution in [3.05, 3.63) is 24.3 Å². The molecule has 3 N–H and O–H groups in total. The molecule has 0 unspecified atom stereocenters. The minimum Gasteiger partial charge on any atom is -0.406 e. The predicted molar refractivity (Wildman–Crippen MR) is 92.7 cm³/mol. The van der Waals surface area contributed by atoms with E-state index in [1.165, 1.54) is 56.4 Å². The number of halogens is 3. The lowest BCUT2D eigenvalue weighted by Gasteiger charge is -2.30. The van der Waals surface area contributed by atoms with Gasteiger partial charge in [0.25, 0.3) is 0 Å². The minimum atomic E-state index is -4.69. The van der Waals surface area contributed by atoms with Crippen LogP contribution in [0.1, 0.15) is 32.1 Å². The van der Waals surface area contributed by atoms with Crippen molar-refractivity contribution >= 4 is 11.6 Å². The number of anilines is 1. The molecule has 0 amide bonds. The molecule has 2 rings (SSSR count). The number of rotatable bonds is 6. The highest BCUT2D eigenvalue weighted by Crippen LogP contribution is 2.24. The number of hydrogen-bond donors (Lipinski definition) is 2. The van der Waals surface area contributed by atoms with E-state index in [2.05, 4.69) is 27.0 Å². The Morgan fingerprint density at radius 1 is 1.24 bits per heavy atom. The van der Waals surface area contributed by atoms with Crippen LogP contribution in [0.5, 0.6) is 5.75 Å². The zero-order valence-corrected chi connectivity index (χ0v) is 14.4. The third kappa shape index (κ3) is 7.21. The molecule has 0 heterocycles. The van der Waals surface area contributed by atoms with Crippen molar-refractivity contribution in [3.8, 4) is 5.75 Å². The van der Waals surface area contributed by atoms with Crippen molar-refractivity contribution in [2.24, 2.45) is 10.7 Å². The van der Waals surface area contributed by atoms with Crippen molar-refractivity contribution in [1.29, 1.82) is 0 Å². The van der Waals surface area contributed by atoms with Gasteiger partial charge >= 0.3 is 6.36 Å². The average molecular weight is 358 g/mol. The van der Waals surface area contributed by atoms with E-state index in [1.54, 1.807) is 0 Å². The number of aliphatic imine (C=N–C) groups is 1. The topological polar surface area (TPSA) is 62.9 Å². The van der Waals surface area contributed by atoms with Gasteiger partial charge in [0.15, 0.2) is 5.96 Å². The first-order valence-corrected chi connectivity index (χ1v) is 8.46. The molecule has 0 spiro atoms. The average Bonchev–Trinajstić information content (AvgIpc) is 2.56. The SMILES string of the molecule is CN(CCN=C(N)Nc1ccc(OC(F)(F)F)cc1)C1CCCCC1. The van der Waals surface area contributed by atoms with Gasteiger partial charge in [-0.3, -0.25) is 4.99 Å². The van der Waals surface area contributed by atoms with Gasteiger partial charge in [0.1, 0.15) is 5.75 Å². The number of nitrogens with one attached hydrogen (secondary N) is 1. The molecule has 0 aromatic heterocycles. The van der Waals surface area contributed by atoms with Gasteiger partial charge in [0.05, 0.1) is 6.54 Å². The van der Waals surface area contributed by atoms with Crippen LogP contribution in [0.25, 0.3) is 0 Å². The third-order valence-corrected chi connectivity index (χ3v) is 4.29. The molecular formula is C17H25F3N4O. The number of nitrogens with two attached hydrogens (primary N) is 1. The fourth-order valence-electron chi connectivity index (χ4n) is 2.96. The molecule has 1 saturated carbocycles.